The van der Waals surface area contributed by atoms with Gasteiger partial charge in [0.05, 0.1) is 10.6 Å². The number of rotatable bonds is 4. The van der Waals surface area contributed by atoms with Gasteiger partial charge >= 0.3 is 0 Å². The number of hydrogen-bond donors (Lipinski definition) is 0. The summed E-state index contributed by atoms with van der Waals surface area (Å²) in [5.41, 5.74) is 1.54. The van der Waals surface area contributed by atoms with Crippen molar-refractivity contribution < 1.29 is 18.1 Å². The molecule has 0 bridgehead atoms. The Morgan fingerprint density at radius 3 is 2.44 bits per heavy atom. The lowest BCUT2D eigenvalue weighted by Crippen LogP contribution is -2.49. The Kier molecular flexibility index (Phi) is 6.19. The predicted molar refractivity (Wildman–Crippen MR) is 125 cm³/mol. The third-order valence-corrected chi connectivity index (χ3v) is 8.31. The Morgan fingerprint density at radius 1 is 1.12 bits per heavy atom. The number of fused-ring (bicyclic) bond motifs is 1. The van der Waals surface area contributed by atoms with E-state index in [2.05, 4.69) is 15.9 Å². The van der Waals surface area contributed by atoms with Crippen molar-refractivity contribution in [3.63, 3.8) is 0 Å². The van der Waals surface area contributed by atoms with Gasteiger partial charge in [-0.1, -0.05) is 27.5 Å². The minimum atomic E-state index is -3.89. The highest BCUT2D eigenvalue weighted by atomic mass is 79.9. The van der Waals surface area contributed by atoms with Crippen LogP contribution in [0.4, 0.5) is 17.1 Å². The lowest BCUT2D eigenvalue weighted by Gasteiger charge is -2.35. The van der Waals surface area contributed by atoms with Crippen LogP contribution in [0.1, 0.15) is 12.5 Å². The number of amides is 1. The number of nitrogens with zero attached hydrogens (tertiary/aromatic N) is 4. The Hall–Kier alpha value is -2.21. The van der Waals surface area contributed by atoms with Gasteiger partial charge in [0.15, 0.2) is 0 Å². The molecule has 1 fully saturated rings. The van der Waals surface area contributed by atoms with Crippen molar-refractivity contribution in [3.8, 4) is 0 Å². The van der Waals surface area contributed by atoms with Crippen LogP contribution in [0.5, 0.6) is 0 Å². The topological polar surface area (TPSA) is 104 Å². The minimum Gasteiger partial charge on any atom is -0.363 e. The molecule has 2 aromatic rings. The number of anilines is 2. The molecule has 0 aromatic heterocycles. The first-order chi connectivity index (χ1) is 15.1. The van der Waals surface area contributed by atoms with Crippen LogP contribution in [0.25, 0.3) is 0 Å². The third-order valence-electron chi connectivity index (χ3n) is 5.70. The molecule has 2 aliphatic heterocycles. The van der Waals surface area contributed by atoms with E-state index < -0.39 is 14.9 Å². The maximum Gasteiger partial charge on any atom is 0.294 e. The van der Waals surface area contributed by atoms with Gasteiger partial charge in [-0.2, -0.15) is 4.31 Å². The zero-order chi connectivity index (χ0) is 23.2. The summed E-state index contributed by atoms with van der Waals surface area (Å²) in [6, 6.07) is 7.83. The zero-order valence-electron chi connectivity index (χ0n) is 17.1. The van der Waals surface area contributed by atoms with E-state index in [9.17, 15) is 23.3 Å². The van der Waals surface area contributed by atoms with E-state index in [1.54, 1.807) is 17.0 Å². The largest absolute Gasteiger partial charge is 0.363 e. The number of piperazine rings is 1. The quantitative estimate of drug-likeness (QED) is 0.432. The van der Waals surface area contributed by atoms with E-state index >= 15 is 0 Å². The number of carbonyl (C=O) groups excluding carboxylic acids is 1. The summed E-state index contributed by atoms with van der Waals surface area (Å²) in [6.07, 6.45) is 0.588. The van der Waals surface area contributed by atoms with Gasteiger partial charge in [-0.05, 0) is 36.2 Å². The molecule has 0 unspecified atom stereocenters. The highest BCUT2D eigenvalue weighted by Gasteiger charge is 2.36. The van der Waals surface area contributed by atoms with Crippen LogP contribution in [-0.4, -0.2) is 56.3 Å². The summed E-state index contributed by atoms with van der Waals surface area (Å²) in [4.78, 5) is 26.4. The molecule has 0 saturated carbocycles. The van der Waals surface area contributed by atoms with Crippen LogP contribution in [0.2, 0.25) is 5.02 Å². The summed E-state index contributed by atoms with van der Waals surface area (Å²) in [5.74, 6) is -0.206. The van der Waals surface area contributed by atoms with E-state index in [-0.39, 0.29) is 47.7 Å². The SMILES string of the molecule is CC(=O)N1CCc2cc(Br)cc(S(=O)(=O)N3CCN(c4ccc(Cl)cc4[N+](=O)[O-])CC3)c21. The number of nitro groups is 1. The molecule has 0 atom stereocenters. The monoisotopic (exact) mass is 542 g/mol. The number of hydrogen-bond acceptors (Lipinski definition) is 6. The predicted octanol–water partition coefficient (Wildman–Crippen LogP) is 3.43. The van der Waals surface area contributed by atoms with E-state index in [4.69, 9.17) is 11.6 Å². The van der Waals surface area contributed by atoms with Crippen molar-refractivity contribution in [3.05, 3.63) is 55.5 Å². The summed E-state index contributed by atoms with van der Waals surface area (Å²) in [5, 5.41) is 11.7. The fourth-order valence-electron chi connectivity index (χ4n) is 4.20. The van der Waals surface area contributed by atoms with Crippen LogP contribution < -0.4 is 9.80 Å². The molecule has 12 heteroatoms. The Balaban J connectivity index is 1.62. The molecule has 2 aliphatic rings. The third kappa shape index (κ3) is 4.09. The number of sulfonamides is 1. The summed E-state index contributed by atoms with van der Waals surface area (Å²) < 4.78 is 29.1. The normalized spacial score (nSPS) is 16.8. The van der Waals surface area contributed by atoms with Crippen LogP contribution in [0.15, 0.2) is 39.7 Å². The van der Waals surface area contributed by atoms with Crippen LogP contribution in [0, 0.1) is 10.1 Å². The number of carbonyl (C=O) groups is 1. The van der Waals surface area contributed by atoms with Gasteiger partial charge in [0.1, 0.15) is 10.6 Å². The lowest BCUT2D eigenvalue weighted by molar-refractivity contribution is -0.384. The second-order valence-corrected chi connectivity index (χ2v) is 10.9. The van der Waals surface area contributed by atoms with E-state index in [1.807, 2.05) is 6.07 Å². The zero-order valence-corrected chi connectivity index (χ0v) is 20.3. The van der Waals surface area contributed by atoms with Crippen molar-refractivity contribution in [2.24, 2.45) is 0 Å². The summed E-state index contributed by atoms with van der Waals surface area (Å²) in [7, 11) is -3.89. The number of halogens is 2. The molecule has 0 N–H and O–H groups in total. The molecule has 9 nitrogen and oxygen atoms in total. The average Bonchev–Trinajstić information content (AvgIpc) is 3.17. The van der Waals surface area contributed by atoms with Gasteiger partial charge in [0.25, 0.3) is 5.69 Å². The minimum absolute atomic E-state index is 0.0977. The smallest absolute Gasteiger partial charge is 0.294 e. The van der Waals surface area contributed by atoms with Crippen LogP contribution in [0.3, 0.4) is 0 Å². The van der Waals surface area contributed by atoms with Crippen molar-refractivity contribution in [1.29, 1.82) is 0 Å². The Morgan fingerprint density at radius 2 is 1.81 bits per heavy atom. The molecule has 1 amide bonds. The van der Waals surface area contributed by atoms with Crippen molar-refractivity contribution in [1.82, 2.24) is 4.31 Å². The van der Waals surface area contributed by atoms with Crippen molar-refractivity contribution >= 4 is 60.5 Å². The highest BCUT2D eigenvalue weighted by molar-refractivity contribution is 9.10. The molecule has 2 aromatic carbocycles. The molecule has 0 spiro atoms. The summed E-state index contributed by atoms with van der Waals surface area (Å²) >= 11 is 9.29. The maximum absolute atomic E-state index is 13.6. The first-order valence-electron chi connectivity index (χ1n) is 9.89. The molecular formula is C20H20BrClN4O5S. The lowest BCUT2D eigenvalue weighted by atomic mass is 10.2. The number of nitro benzene ring substituents is 1. The number of benzene rings is 2. The van der Waals surface area contributed by atoms with E-state index in [0.717, 1.165) is 5.56 Å². The fraction of sp³-hybridized carbons (Fsp3) is 0.350. The molecule has 0 radical (unpaired) electrons. The molecule has 1 saturated heterocycles. The molecule has 2 heterocycles. The Labute approximate surface area is 198 Å². The van der Waals surface area contributed by atoms with E-state index in [0.29, 0.717) is 28.8 Å². The molecular weight excluding hydrogens is 524 g/mol. The molecule has 170 valence electrons. The second kappa shape index (κ2) is 8.62. The van der Waals surface area contributed by atoms with E-state index in [1.165, 1.54) is 28.3 Å². The molecule has 4 rings (SSSR count). The van der Waals surface area contributed by atoms with Gasteiger partial charge in [-0.25, -0.2) is 8.42 Å². The van der Waals surface area contributed by atoms with Gasteiger partial charge in [-0.3, -0.25) is 14.9 Å². The second-order valence-electron chi connectivity index (χ2n) is 7.61. The van der Waals surface area contributed by atoms with Gasteiger partial charge in [0.2, 0.25) is 15.9 Å². The standard InChI is InChI=1S/C20H20BrClN4O5S/c1-13(27)25-5-4-14-10-15(21)11-19(20(14)25)32(30,31)24-8-6-23(7-9-24)17-3-2-16(22)12-18(17)26(28)29/h2-3,10-12H,4-9H2,1H3. The molecule has 32 heavy (non-hydrogen) atoms. The van der Waals surface area contributed by atoms with Gasteiger partial charge in [0, 0.05) is 55.2 Å². The maximum atomic E-state index is 13.6. The average molecular weight is 544 g/mol. The van der Waals surface area contributed by atoms with Crippen molar-refractivity contribution in [2.75, 3.05) is 42.5 Å². The van der Waals surface area contributed by atoms with Gasteiger partial charge < -0.3 is 9.80 Å². The van der Waals surface area contributed by atoms with Crippen LogP contribution in [-0.2, 0) is 21.2 Å². The fourth-order valence-corrected chi connectivity index (χ4v) is 6.71. The van der Waals surface area contributed by atoms with Crippen molar-refractivity contribution in [2.45, 2.75) is 18.2 Å². The molecule has 0 aliphatic carbocycles. The van der Waals surface area contributed by atoms with Crippen LogP contribution >= 0.6 is 27.5 Å². The highest BCUT2D eigenvalue weighted by Crippen LogP contribution is 2.39. The first-order valence-corrected chi connectivity index (χ1v) is 12.5. The Bertz CT molecular complexity index is 1210. The summed E-state index contributed by atoms with van der Waals surface area (Å²) in [6.45, 7) is 2.75. The first kappa shape index (κ1) is 23.0. The van der Waals surface area contributed by atoms with Gasteiger partial charge in [-0.15, -0.1) is 0 Å².